The molecule has 0 fully saturated rings. The third kappa shape index (κ3) is 8.32. The van der Waals surface area contributed by atoms with Gasteiger partial charge in [0.2, 0.25) is 0 Å². The van der Waals surface area contributed by atoms with Gasteiger partial charge in [-0.15, -0.1) is 24.0 Å². The number of phenols is 1. The van der Waals surface area contributed by atoms with Crippen molar-refractivity contribution in [2.24, 2.45) is 4.99 Å². The molecule has 0 bridgehead atoms. The van der Waals surface area contributed by atoms with E-state index in [1.165, 1.54) is 0 Å². The first-order valence-corrected chi connectivity index (χ1v) is 9.07. The van der Waals surface area contributed by atoms with Crippen molar-refractivity contribution in [1.82, 2.24) is 10.6 Å². The smallest absolute Gasteiger partial charge is 0.191 e. The molecule has 1 rings (SSSR count). The Balaban J connectivity index is 0.00000529. The molecule has 0 unspecified atom stereocenters. The van der Waals surface area contributed by atoms with Gasteiger partial charge in [0.25, 0.3) is 0 Å². The van der Waals surface area contributed by atoms with Crippen LogP contribution in [0.3, 0.4) is 0 Å². The molecule has 0 aliphatic rings. The van der Waals surface area contributed by atoms with Crippen molar-refractivity contribution < 1.29 is 9.84 Å². The zero-order valence-corrected chi connectivity index (χ0v) is 18.3. The number of hydrogen-bond acceptors (Lipinski definition) is 4. The third-order valence-electron chi connectivity index (χ3n) is 3.47. The predicted molar refractivity (Wildman–Crippen MR) is 115 cm³/mol. The van der Waals surface area contributed by atoms with E-state index in [2.05, 4.69) is 42.7 Å². The lowest BCUT2D eigenvalue weighted by Gasteiger charge is -2.20. The van der Waals surface area contributed by atoms with Gasteiger partial charge in [-0.3, -0.25) is 4.99 Å². The Hall–Kier alpha value is -0.830. The molecular formula is C17H30IN3O2S. The van der Waals surface area contributed by atoms with Gasteiger partial charge in [0.15, 0.2) is 17.5 Å². The number of guanidine groups is 1. The molecule has 0 saturated heterocycles. The number of halogens is 1. The molecule has 138 valence electrons. The van der Waals surface area contributed by atoms with Crippen molar-refractivity contribution in [2.45, 2.75) is 31.9 Å². The van der Waals surface area contributed by atoms with Crippen molar-refractivity contribution >= 4 is 41.7 Å². The van der Waals surface area contributed by atoms with E-state index in [0.717, 1.165) is 37.6 Å². The van der Waals surface area contributed by atoms with Gasteiger partial charge >= 0.3 is 0 Å². The van der Waals surface area contributed by atoms with Crippen molar-refractivity contribution in [3.05, 3.63) is 23.8 Å². The van der Waals surface area contributed by atoms with E-state index in [4.69, 9.17) is 4.74 Å². The van der Waals surface area contributed by atoms with Crippen LogP contribution in [0.25, 0.3) is 0 Å². The largest absolute Gasteiger partial charge is 0.504 e. The summed E-state index contributed by atoms with van der Waals surface area (Å²) >= 11 is 1.81. The molecule has 0 saturated carbocycles. The topological polar surface area (TPSA) is 65.9 Å². The van der Waals surface area contributed by atoms with Crippen LogP contribution in [0.15, 0.2) is 23.2 Å². The fourth-order valence-corrected chi connectivity index (χ4v) is 2.07. The Kier molecular flexibility index (Phi) is 11.3. The number of nitrogens with zero attached hydrogens (tertiary/aromatic N) is 1. The minimum atomic E-state index is 0. The maximum absolute atomic E-state index is 9.62. The lowest BCUT2D eigenvalue weighted by Crippen LogP contribution is -2.39. The highest BCUT2D eigenvalue weighted by Crippen LogP contribution is 2.26. The second-order valence-electron chi connectivity index (χ2n) is 5.84. The number of hydrogen-bond donors (Lipinski definition) is 3. The van der Waals surface area contributed by atoms with Crippen LogP contribution in [0.2, 0.25) is 0 Å². The van der Waals surface area contributed by atoms with Crippen LogP contribution in [-0.4, -0.2) is 48.8 Å². The summed E-state index contributed by atoms with van der Waals surface area (Å²) < 4.78 is 5.26. The van der Waals surface area contributed by atoms with Gasteiger partial charge < -0.3 is 20.5 Å². The highest BCUT2D eigenvalue weighted by atomic mass is 127. The minimum Gasteiger partial charge on any atom is -0.504 e. The Morgan fingerprint density at radius 2 is 2.04 bits per heavy atom. The molecule has 0 spiro atoms. The number of rotatable bonds is 8. The normalized spacial score (nSPS) is 11.6. The van der Waals surface area contributed by atoms with E-state index < -0.39 is 0 Å². The van der Waals surface area contributed by atoms with Gasteiger partial charge in [-0.2, -0.15) is 11.8 Å². The van der Waals surface area contributed by atoms with Crippen LogP contribution in [0, 0.1) is 0 Å². The van der Waals surface area contributed by atoms with E-state index in [1.807, 2.05) is 23.9 Å². The quantitative estimate of drug-likeness (QED) is 0.311. The van der Waals surface area contributed by atoms with E-state index in [1.54, 1.807) is 13.2 Å². The van der Waals surface area contributed by atoms with Crippen LogP contribution in [0.5, 0.6) is 11.5 Å². The molecule has 0 aliphatic heterocycles. The van der Waals surface area contributed by atoms with Crippen LogP contribution in [0.4, 0.5) is 0 Å². The summed E-state index contributed by atoms with van der Waals surface area (Å²) in [5.74, 6) is 1.50. The number of nitrogens with one attached hydrogen (secondary N) is 2. The van der Waals surface area contributed by atoms with Crippen LogP contribution >= 0.6 is 35.7 Å². The molecule has 3 N–H and O–H groups in total. The van der Waals surface area contributed by atoms with Crippen molar-refractivity contribution in [1.29, 1.82) is 0 Å². The Labute approximate surface area is 167 Å². The number of aliphatic imine (C=N–C) groups is 1. The lowest BCUT2D eigenvalue weighted by atomic mass is 10.1. The maximum atomic E-state index is 9.62. The van der Waals surface area contributed by atoms with Crippen molar-refractivity contribution in [3.8, 4) is 11.5 Å². The third-order valence-corrected chi connectivity index (χ3v) is 4.70. The predicted octanol–water partition coefficient (Wildman–Crippen LogP) is 3.26. The van der Waals surface area contributed by atoms with Crippen molar-refractivity contribution in [3.63, 3.8) is 0 Å². The Morgan fingerprint density at radius 3 is 2.62 bits per heavy atom. The summed E-state index contributed by atoms with van der Waals surface area (Å²) in [6.07, 6.45) is 2.93. The minimum absolute atomic E-state index is 0. The summed E-state index contributed by atoms with van der Waals surface area (Å²) in [5, 5.41) is 16.2. The number of aromatic hydroxyl groups is 1. The molecular weight excluding hydrogens is 437 g/mol. The first kappa shape index (κ1) is 23.2. The molecule has 0 atom stereocenters. The summed E-state index contributed by atoms with van der Waals surface area (Å²) in [7, 11) is 1.56. The molecule has 1 aromatic rings. The van der Waals surface area contributed by atoms with Gasteiger partial charge in [0, 0.05) is 17.8 Å². The van der Waals surface area contributed by atoms with E-state index in [0.29, 0.717) is 5.75 Å². The van der Waals surface area contributed by atoms with Gasteiger partial charge in [-0.05, 0) is 51.1 Å². The molecule has 0 amide bonds. The molecule has 5 nitrogen and oxygen atoms in total. The monoisotopic (exact) mass is 467 g/mol. The van der Waals surface area contributed by atoms with Gasteiger partial charge in [0.05, 0.1) is 13.7 Å². The first-order chi connectivity index (χ1) is 10.9. The highest BCUT2D eigenvalue weighted by Gasteiger charge is 2.15. The van der Waals surface area contributed by atoms with Crippen molar-refractivity contribution in [2.75, 3.05) is 33.0 Å². The summed E-state index contributed by atoms with van der Waals surface area (Å²) in [4.78, 5) is 4.64. The fourth-order valence-electron chi connectivity index (χ4n) is 1.88. The molecule has 0 aromatic heterocycles. The molecule has 7 heteroatoms. The van der Waals surface area contributed by atoms with Gasteiger partial charge in [-0.1, -0.05) is 6.07 Å². The summed E-state index contributed by atoms with van der Waals surface area (Å²) in [6.45, 7) is 8.79. The first-order valence-electron chi connectivity index (χ1n) is 7.85. The molecule has 0 radical (unpaired) electrons. The maximum Gasteiger partial charge on any atom is 0.191 e. The number of benzene rings is 1. The standard InChI is InChI=1S/C17H29N3O2S.HI/c1-6-18-16(20-12-17(2,3)23-5)19-10-9-13-7-8-14(21)15(11-13)22-4;/h7-8,11,21H,6,9-10,12H2,1-5H3,(H2,18,19,20);1H. The van der Waals surface area contributed by atoms with Gasteiger partial charge in [0.1, 0.15) is 0 Å². The summed E-state index contributed by atoms with van der Waals surface area (Å²) in [6, 6.07) is 5.42. The second-order valence-corrected chi connectivity index (χ2v) is 7.36. The lowest BCUT2D eigenvalue weighted by molar-refractivity contribution is 0.373. The van der Waals surface area contributed by atoms with Crippen LogP contribution in [0.1, 0.15) is 26.3 Å². The van der Waals surface area contributed by atoms with Gasteiger partial charge in [-0.25, -0.2) is 0 Å². The zero-order valence-electron chi connectivity index (χ0n) is 15.2. The van der Waals surface area contributed by atoms with E-state index in [-0.39, 0.29) is 34.5 Å². The fraction of sp³-hybridized carbons (Fsp3) is 0.588. The van der Waals surface area contributed by atoms with E-state index in [9.17, 15) is 5.11 Å². The zero-order chi connectivity index (χ0) is 17.3. The SMILES string of the molecule is CCNC(=NCC(C)(C)SC)NCCc1ccc(O)c(OC)c1.I. The van der Waals surface area contributed by atoms with Crippen LogP contribution < -0.4 is 15.4 Å². The molecule has 24 heavy (non-hydrogen) atoms. The number of methoxy groups -OCH3 is 1. The number of ether oxygens (including phenoxy) is 1. The Morgan fingerprint density at radius 1 is 1.33 bits per heavy atom. The number of thioether (sulfide) groups is 1. The Bertz CT molecular complexity index is 525. The summed E-state index contributed by atoms with van der Waals surface area (Å²) in [5.41, 5.74) is 1.10. The van der Waals surface area contributed by atoms with Crippen LogP contribution in [-0.2, 0) is 6.42 Å². The molecule has 0 aliphatic carbocycles. The second kappa shape index (κ2) is 11.7. The van der Waals surface area contributed by atoms with E-state index >= 15 is 0 Å². The average molecular weight is 467 g/mol. The highest BCUT2D eigenvalue weighted by molar-refractivity contribution is 14.0. The number of phenolic OH excluding ortho intramolecular Hbond substituents is 1. The molecule has 1 aromatic carbocycles. The molecule has 0 heterocycles. The average Bonchev–Trinajstić information content (AvgIpc) is 2.54.